The number of fused-ring (bicyclic) bond motifs is 4. The molecule has 242 valence electrons. The summed E-state index contributed by atoms with van der Waals surface area (Å²) in [5.74, 6) is -2.27. The van der Waals surface area contributed by atoms with Gasteiger partial charge < -0.3 is 19.5 Å². The predicted molar refractivity (Wildman–Crippen MR) is 171 cm³/mol. The van der Waals surface area contributed by atoms with Crippen molar-refractivity contribution in [3.05, 3.63) is 64.7 Å². The van der Waals surface area contributed by atoms with Crippen LogP contribution >= 0.6 is 11.6 Å². The molecule has 1 saturated carbocycles. The molecule has 6 rings (SSSR count). The van der Waals surface area contributed by atoms with Gasteiger partial charge in [-0.1, -0.05) is 36.7 Å². The van der Waals surface area contributed by atoms with Crippen LogP contribution in [0.2, 0.25) is 5.02 Å². The highest BCUT2D eigenvalue weighted by Crippen LogP contribution is 2.47. The highest BCUT2D eigenvalue weighted by Gasteiger charge is 2.44. The summed E-state index contributed by atoms with van der Waals surface area (Å²) in [7, 11) is -2.59. The average Bonchev–Trinajstić information content (AvgIpc) is 3.13. The van der Waals surface area contributed by atoms with Crippen LogP contribution in [0, 0.1) is 23.7 Å². The predicted octanol–water partition coefficient (Wildman–Crippen LogP) is 5.35. The molecule has 0 radical (unpaired) electrons. The molecule has 2 heterocycles. The molecule has 2 aromatic carbocycles. The Hall–Kier alpha value is -3.08. The second-order valence-electron chi connectivity index (χ2n) is 13.3. The van der Waals surface area contributed by atoms with Crippen LogP contribution in [0.1, 0.15) is 56.6 Å². The van der Waals surface area contributed by atoms with E-state index >= 15 is 0 Å². The number of carboxylic acids is 1. The number of hydrogen-bond donors (Lipinski definition) is 2. The number of allylic oxidation sites excluding steroid dienone is 1. The zero-order valence-electron chi connectivity index (χ0n) is 25.7. The van der Waals surface area contributed by atoms with Gasteiger partial charge in [-0.25, -0.2) is 13.1 Å². The largest absolute Gasteiger partial charge is 0.490 e. The van der Waals surface area contributed by atoms with Gasteiger partial charge in [0.2, 0.25) is 5.91 Å². The fourth-order valence-electron chi connectivity index (χ4n) is 7.79. The van der Waals surface area contributed by atoms with Crippen LogP contribution in [-0.2, 0) is 36.2 Å². The summed E-state index contributed by atoms with van der Waals surface area (Å²) < 4.78 is 41.9. The first-order valence-electron chi connectivity index (χ1n) is 15.8. The number of rotatable bonds is 3. The lowest BCUT2D eigenvalue weighted by atomic mass is 9.68. The van der Waals surface area contributed by atoms with Gasteiger partial charge in [0, 0.05) is 30.6 Å². The molecule has 4 aliphatic rings. The Morgan fingerprint density at radius 2 is 2.04 bits per heavy atom. The Morgan fingerprint density at radius 3 is 2.78 bits per heavy atom. The van der Waals surface area contributed by atoms with E-state index in [1.54, 1.807) is 26.2 Å². The summed E-state index contributed by atoms with van der Waals surface area (Å²) in [5.41, 5.74) is 2.80. The van der Waals surface area contributed by atoms with Crippen molar-refractivity contribution in [2.75, 3.05) is 31.7 Å². The number of nitrogens with zero attached hydrogens (tertiary/aromatic N) is 1. The van der Waals surface area contributed by atoms with Crippen LogP contribution in [0.15, 0.2) is 53.4 Å². The van der Waals surface area contributed by atoms with Crippen molar-refractivity contribution in [3.63, 3.8) is 0 Å². The van der Waals surface area contributed by atoms with Crippen molar-refractivity contribution in [2.45, 2.75) is 68.3 Å². The summed E-state index contributed by atoms with van der Waals surface area (Å²) in [6.07, 6.45) is 8.66. The van der Waals surface area contributed by atoms with E-state index in [0.29, 0.717) is 48.5 Å². The minimum Gasteiger partial charge on any atom is -0.490 e. The van der Waals surface area contributed by atoms with E-state index in [-0.39, 0.29) is 22.3 Å². The third-order valence-electron chi connectivity index (χ3n) is 10.4. The number of ether oxygens (including phenoxy) is 2. The van der Waals surface area contributed by atoms with Gasteiger partial charge in [-0.05, 0) is 97.7 Å². The van der Waals surface area contributed by atoms with Gasteiger partial charge in [0.1, 0.15) is 5.75 Å². The van der Waals surface area contributed by atoms with Gasteiger partial charge in [0.25, 0.3) is 10.0 Å². The quantitative estimate of drug-likeness (QED) is 0.425. The Balaban J connectivity index is 1.44. The van der Waals surface area contributed by atoms with Crippen LogP contribution in [0.4, 0.5) is 5.69 Å². The molecule has 2 aliphatic heterocycles. The molecule has 1 fully saturated rings. The number of hydrogen-bond acceptors (Lipinski definition) is 7. The number of carboxylic acid groups (broad SMARTS) is 1. The maximum atomic E-state index is 13.6. The minimum atomic E-state index is -4.30. The van der Waals surface area contributed by atoms with Crippen molar-refractivity contribution in [2.24, 2.45) is 23.7 Å². The van der Waals surface area contributed by atoms with Crippen molar-refractivity contribution in [1.82, 2.24) is 4.72 Å². The van der Waals surface area contributed by atoms with Gasteiger partial charge >= 0.3 is 5.97 Å². The normalized spacial score (nSPS) is 31.8. The molecule has 0 aromatic heterocycles. The van der Waals surface area contributed by atoms with E-state index in [2.05, 4.69) is 15.7 Å². The van der Waals surface area contributed by atoms with Crippen LogP contribution in [0.5, 0.6) is 5.75 Å². The molecule has 2 aromatic rings. The van der Waals surface area contributed by atoms with Gasteiger partial charge in [-0.15, -0.1) is 0 Å². The number of carbonyl (C=O) groups is 2. The third-order valence-corrected chi connectivity index (χ3v) is 12.0. The second-order valence-corrected chi connectivity index (χ2v) is 15.4. The number of benzene rings is 2. The standard InChI is InChI=1S/C34H41ClN2O7S/c1-21-5-3-7-30(43-2)26-11-8-23(26)18-37-19-34(14-4-6-22-15-24(35)9-12-28(22)34)20-44-31-13-10-25(16-29(31)37)45(41,42)36-33(40)27(21)17-32(38)39/h3,7,9-10,12-13,15-16,21,23,26-27,30H,4-6,8,11,14,17-20H2,1-2H3,(H,36,40)(H,38,39)/b7-3-/t21-,23-,26+,27+,30+,34-/m0/s1. The lowest BCUT2D eigenvalue weighted by molar-refractivity contribution is -0.141. The molecule has 2 bridgehead atoms. The van der Waals surface area contributed by atoms with E-state index in [1.165, 1.54) is 17.2 Å². The number of carbonyl (C=O) groups excluding carboxylic acids is 1. The van der Waals surface area contributed by atoms with Crippen molar-refractivity contribution < 1.29 is 32.6 Å². The van der Waals surface area contributed by atoms with Crippen LogP contribution < -0.4 is 14.4 Å². The number of nitrogens with one attached hydrogen (secondary N) is 1. The van der Waals surface area contributed by atoms with Crippen LogP contribution in [0.25, 0.3) is 0 Å². The number of amides is 1. The molecule has 0 saturated heterocycles. The Bertz CT molecular complexity index is 1610. The fourth-order valence-corrected chi connectivity index (χ4v) is 9.04. The lowest BCUT2D eigenvalue weighted by Gasteiger charge is -2.46. The average molecular weight is 657 g/mol. The number of aliphatic carboxylic acids is 1. The minimum absolute atomic E-state index is 0.0661. The molecule has 1 spiro atoms. The SMILES string of the molecule is CO[C@@H]1/C=C\C[C@H](C)[C@@H](CC(=O)O)C(=O)NS(=O)(=O)c2ccc3c(c2)N(C[C@@H]2CC[C@H]21)C[C@@]1(CCCc2cc(Cl)ccc21)CO3. The smallest absolute Gasteiger partial charge is 0.304 e. The van der Waals surface area contributed by atoms with E-state index < -0.39 is 40.2 Å². The molecule has 45 heavy (non-hydrogen) atoms. The fraction of sp³-hybridized carbons (Fsp3) is 0.529. The zero-order valence-corrected chi connectivity index (χ0v) is 27.3. The molecule has 6 atom stereocenters. The van der Waals surface area contributed by atoms with E-state index in [0.717, 1.165) is 32.1 Å². The summed E-state index contributed by atoms with van der Waals surface area (Å²) in [6, 6.07) is 10.8. The highest BCUT2D eigenvalue weighted by molar-refractivity contribution is 7.90. The summed E-state index contributed by atoms with van der Waals surface area (Å²) >= 11 is 6.40. The first kappa shape index (κ1) is 31.9. The van der Waals surface area contributed by atoms with E-state index in [1.807, 2.05) is 24.3 Å². The van der Waals surface area contributed by atoms with Crippen molar-refractivity contribution in [1.29, 1.82) is 0 Å². The Morgan fingerprint density at radius 1 is 1.22 bits per heavy atom. The van der Waals surface area contributed by atoms with Crippen LogP contribution in [0.3, 0.4) is 0 Å². The van der Waals surface area contributed by atoms with Crippen molar-refractivity contribution >= 4 is 39.2 Å². The molecule has 11 heteroatoms. The topological polar surface area (TPSA) is 122 Å². The number of aryl methyl sites for hydroxylation is 1. The Labute approximate surface area is 270 Å². The number of methoxy groups -OCH3 is 1. The number of anilines is 1. The maximum Gasteiger partial charge on any atom is 0.304 e. The van der Waals surface area contributed by atoms with Crippen molar-refractivity contribution in [3.8, 4) is 5.75 Å². The molecular formula is C34H41ClN2O7S. The van der Waals surface area contributed by atoms with Gasteiger partial charge in [-0.3, -0.25) is 9.59 Å². The number of sulfonamides is 1. The molecule has 2 aliphatic carbocycles. The number of halogens is 1. The third kappa shape index (κ3) is 6.33. The maximum absolute atomic E-state index is 13.6. The van der Waals surface area contributed by atoms with Gasteiger partial charge in [0.05, 0.1) is 35.6 Å². The van der Waals surface area contributed by atoms with E-state index in [4.69, 9.17) is 21.1 Å². The summed E-state index contributed by atoms with van der Waals surface area (Å²) in [6.45, 7) is 3.55. The molecular weight excluding hydrogens is 616 g/mol. The van der Waals surface area contributed by atoms with Gasteiger partial charge in [0.15, 0.2) is 0 Å². The van der Waals surface area contributed by atoms with Gasteiger partial charge in [-0.2, -0.15) is 0 Å². The Kier molecular flexibility index (Phi) is 8.93. The van der Waals surface area contributed by atoms with Crippen LogP contribution in [-0.4, -0.2) is 58.3 Å². The zero-order chi connectivity index (χ0) is 31.9. The molecule has 2 N–H and O–H groups in total. The summed E-state index contributed by atoms with van der Waals surface area (Å²) in [4.78, 5) is 27.2. The monoisotopic (exact) mass is 656 g/mol. The molecule has 0 unspecified atom stereocenters. The first-order valence-corrected chi connectivity index (χ1v) is 17.6. The first-order chi connectivity index (χ1) is 21.5. The summed E-state index contributed by atoms with van der Waals surface area (Å²) in [5, 5.41) is 10.3. The molecule has 1 amide bonds. The van der Waals surface area contributed by atoms with E-state index in [9.17, 15) is 23.1 Å². The second kappa shape index (κ2) is 12.6. The lowest BCUT2D eigenvalue weighted by Crippen LogP contribution is -2.49. The highest BCUT2D eigenvalue weighted by atomic mass is 35.5. The molecule has 9 nitrogen and oxygen atoms in total.